The predicted octanol–water partition coefficient (Wildman–Crippen LogP) is 0.487. The summed E-state index contributed by atoms with van der Waals surface area (Å²) >= 11 is 0. The van der Waals surface area contributed by atoms with E-state index in [1.54, 1.807) is 24.9 Å². The Labute approximate surface area is 89.2 Å². The Morgan fingerprint density at radius 3 is 2.93 bits per heavy atom. The first-order valence-corrected chi connectivity index (χ1v) is 4.99. The molecule has 0 spiro atoms. The molecule has 1 heterocycles. The molecule has 0 saturated heterocycles. The molecule has 1 rings (SSSR count). The van der Waals surface area contributed by atoms with Gasteiger partial charge in [-0.1, -0.05) is 0 Å². The maximum absolute atomic E-state index is 11.5. The highest BCUT2D eigenvalue weighted by molar-refractivity contribution is 5.88. The van der Waals surface area contributed by atoms with Gasteiger partial charge in [0.25, 0.3) is 0 Å². The van der Waals surface area contributed by atoms with Crippen LogP contribution in [0.1, 0.15) is 29.9 Å². The summed E-state index contributed by atoms with van der Waals surface area (Å²) in [6.07, 6.45) is 2.43. The number of carbonyl (C=O) groups excluding carboxylic acids is 1. The minimum absolute atomic E-state index is 0.00220. The van der Waals surface area contributed by atoms with Gasteiger partial charge in [-0.05, 0) is 20.3 Å². The summed E-state index contributed by atoms with van der Waals surface area (Å²) in [5.74, 6) is -0.381. The fourth-order valence-electron chi connectivity index (χ4n) is 1.41. The number of carbonyl (C=O) groups is 1. The Morgan fingerprint density at radius 1 is 1.73 bits per heavy atom. The van der Waals surface area contributed by atoms with Crippen LogP contribution in [0.2, 0.25) is 0 Å². The van der Waals surface area contributed by atoms with Crippen LogP contribution in [0.4, 0.5) is 0 Å². The molecule has 5 heteroatoms. The van der Waals surface area contributed by atoms with Gasteiger partial charge in [0, 0.05) is 24.8 Å². The molecule has 1 aromatic rings. The fraction of sp³-hybridized carbons (Fsp3) is 0.600. The molecule has 0 aliphatic carbocycles. The van der Waals surface area contributed by atoms with Gasteiger partial charge in [0.1, 0.15) is 0 Å². The number of hydrogen-bond donors (Lipinski definition) is 1. The molecular weight excluding hydrogens is 194 g/mol. The Morgan fingerprint density at radius 2 is 2.40 bits per heavy atom. The highest BCUT2D eigenvalue weighted by Crippen LogP contribution is 2.10. The second kappa shape index (κ2) is 4.93. The summed E-state index contributed by atoms with van der Waals surface area (Å²) in [5.41, 5.74) is 6.90. The Bertz CT molecular complexity index is 344. The lowest BCUT2D eigenvalue weighted by molar-refractivity contribution is 0.0517. The van der Waals surface area contributed by atoms with Crippen LogP contribution < -0.4 is 5.73 Å². The summed E-state index contributed by atoms with van der Waals surface area (Å²) < 4.78 is 6.51. The topological polar surface area (TPSA) is 70.1 Å². The zero-order chi connectivity index (χ0) is 11.4. The van der Waals surface area contributed by atoms with E-state index in [1.807, 2.05) is 6.92 Å². The van der Waals surface area contributed by atoms with Crippen LogP contribution in [0, 0.1) is 0 Å². The molecule has 0 unspecified atom stereocenters. The molecule has 0 amide bonds. The van der Waals surface area contributed by atoms with E-state index in [2.05, 4.69) is 5.10 Å². The molecule has 0 aliphatic heterocycles. The van der Waals surface area contributed by atoms with E-state index in [9.17, 15) is 4.79 Å². The normalized spacial score (nSPS) is 12.5. The third-order valence-corrected chi connectivity index (χ3v) is 1.92. The number of aromatic nitrogens is 2. The van der Waals surface area contributed by atoms with Crippen molar-refractivity contribution in [1.82, 2.24) is 9.78 Å². The number of rotatable bonds is 4. The van der Waals surface area contributed by atoms with Crippen LogP contribution in [0.25, 0.3) is 0 Å². The molecule has 1 aromatic heterocycles. The molecule has 1 atom stereocenters. The number of esters is 1. The lowest BCUT2D eigenvalue weighted by Gasteiger charge is -2.04. The van der Waals surface area contributed by atoms with Crippen molar-refractivity contribution in [2.45, 2.75) is 26.3 Å². The van der Waals surface area contributed by atoms with E-state index in [-0.39, 0.29) is 12.0 Å². The Hall–Kier alpha value is -1.36. The predicted molar refractivity (Wildman–Crippen MR) is 56.5 cm³/mol. The third-order valence-electron chi connectivity index (χ3n) is 1.92. The monoisotopic (exact) mass is 211 g/mol. The van der Waals surface area contributed by atoms with Gasteiger partial charge >= 0.3 is 5.97 Å². The zero-order valence-corrected chi connectivity index (χ0v) is 9.36. The van der Waals surface area contributed by atoms with Crippen molar-refractivity contribution in [3.05, 3.63) is 17.5 Å². The first kappa shape index (κ1) is 11.7. The number of nitrogens with zero attached hydrogens (tertiary/aromatic N) is 2. The quantitative estimate of drug-likeness (QED) is 0.736. The van der Waals surface area contributed by atoms with Crippen molar-refractivity contribution in [2.75, 3.05) is 6.61 Å². The van der Waals surface area contributed by atoms with Crippen LogP contribution in [0.3, 0.4) is 0 Å². The molecule has 0 radical (unpaired) electrons. The first-order valence-electron chi connectivity index (χ1n) is 4.99. The maximum atomic E-state index is 11.5. The van der Waals surface area contributed by atoms with E-state index in [1.165, 1.54) is 0 Å². The molecular formula is C10H17N3O2. The molecule has 0 aliphatic rings. The summed E-state index contributed by atoms with van der Waals surface area (Å²) in [5, 5.41) is 4.07. The third kappa shape index (κ3) is 3.06. The maximum Gasteiger partial charge on any atom is 0.359 e. The van der Waals surface area contributed by atoms with E-state index < -0.39 is 0 Å². The van der Waals surface area contributed by atoms with Crippen molar-refractivity contribution in [3.63, 3.8) is 0 Å². The van der Waals surface area contributed by atoms with Crippen LogP contribution >= 0.6 is 0 Å². The molecule has 0 fully saturated rings. The number of hydrogen-bond acceptors (Lipinski definition) is 4. The Balaban J connectivity index is 2.90. The summed E-state index contributed by atoms with van der Waals surface area (Å²) in [6.45, 7) is 4.01. The SMILES string of the molecule is CCOC(=O)c1nn(C)cc1C[C@H](C)N. The highest BCUT2D eigenvalue weighted by atomic mass is 16.5. The second-order valence-electron chi connectivity index (χ2n) is 3.58. The standard InChI is InChI=1S/C10H17N3O2/c1-4-15-10(14)9-8(5-7(2)11)6-13(3)12-9/h6-7H,4-5,11H2,1-3H3/t7-/m0/s1. The molecule has 0 saturated carbocycles. The average molecular weight is 211 g/mol. The van der Waals surface area contributed by atoms with E-state index in [0.29, 0.717) is 18.7 Å². The Kier molecular flexibility index (Phi) is 3.85. The largest absolute Gasteiger partial charge is 0.461 e. The average Bonchev–Trinajstić information content (AvgIpc) is 2.46. The lowest BCUT2D eigenvalue weighted by Crippen LogP contribution is -2.19. The summed E-state index contributed by atoms with van der Waals surface area (Å²) in [6, 6.07) is 0.00220. The number of nitrogens with two attached hydrogens (primary N) is 1. The number of aryl methyl sites for hydroxylation is 1. The van der Waals surface area contributed by atoms with E-state index in [0.717, 1.165) is 5.56 Å². The van der Waals surface area contributed by atoms with Crippen molar-refractivity contribution >= 4 is 5.97 Å². The minimum atomic E-state index is -0.381. The molecule has 15 heavy (non-hydrogen) atoms. The smallest absolute Gasteiger partial charge is 0.359 e. The van der Waals surface area contributed by atoms with Crippen molar-refractivity contribution in [1.29, 1.82) is 0 Å². The van der Waals surface area contributed by atoms with Gasteiger partial charge in [0.15, 0.2) is 5.69 Å². The van der Waals surface area contributed by atoms with Gasteiger partial charge in [0.05, 0.1) is 6.61 Å². The van der Waals surface area contributed by atoms with Crippen LogP contribution in [-0.4, -0.2) is 28.4 Å². The number of ether oxygens (including phenoxy) is 1. The van der Waals surface area contributed by atoms with Gasteiger partial charge in [0.2, 0.25) is 0 Å². The highest BCUT2D eigenvalue weighted by Gasteiger charge is 2.17. The van der Waals surface area contributed by atoms with E-state index in [4.69, 9.17) is 10.5 Å². The van der Waals surface area contributed by atoms with Crippen molar-refractivity contribution in [3.8, 4) is 0 Å². The van der Waals surface area contributed by atoms with Crippen LogP contribution in [0.5, 0.6) is 0 Å². The van der Waals surface area contributed by atoms with Crippen LogP contribution in [0.15, 0.2) is 6.20 Å². The fourth-order valence-corrected chi connectivity index (χ4v) is 1.41. The van der Waals surface area contributed by atoms with E-state index >= 15 is 0 Å². The summed E-state index contributed by atoms with van der Waals surface area (Å²) in [4.78, 5) is 11.5. The molecule has 5 nitrogen and oxygen atoms in total. The lowest BCUT2D eigenvalue weighted by atomic mass is 10.1. The van der Waals surface area contributed by atoms with Gasteiger partial charge in [-0.15, -0.1) is 0 Å². The minimum Gasteiger partial charge on any atom is -0.461 e. The molecule has 0 bridgehead atoms. The van der Waals surface area contributed by atoms with Gasteiger partial charge in [-0.2, -0.15) is 5.10 Å². The van der Waals surface area contributed by atoms with Crippen molar-refractivity contribution < 1.29 is 9.53 Å². The molecule has 84 valence electrons. The molecule has 2 N–H and O–H groups in total. The summed E-state index contributed by atoms with van der Waals surface area (Å²) in [7, 11) is 1.77. The van der Waals surface area contributed by atoms with Gasteiger partial charge in [-0.25, -0.2) is 4.79 Å². The van der Waals surface area contributed by atoms with Crippen LogP contribution in [-0.2, 0) is 18.2 Å². The van der Waals surface area contributed by atoms with Crippen molar-refractivity contribution in [2.24, 2.45) is 12.8 Å². The van der Waals surface area contributed by atoms with Gasteiger partial charge < -0.3 is 10.5 Å². The first-order chi connectivity index (χ1) is 7.04. The zero-order valence-electron chi connectivity index (χ0n) is 9.36. The van der Waals surface area contributed by atoms with Gasteiger partial charge in [-0.3, -0.25) is 4.68 Å². The molecule has 0 aromatic carbocycles. The second-order valence-corrected chi connectivity index (χ2v) is 3.58.